The molecule has 1 aromatic heterocycles. The Morgan fingerprint density at radius 2 is 1.95 bits per heavy atom. The molecule has 0 unspecified atom stereocenters. The highest BCUT2D eigenvalue weighted by Crippen LogP contribution is 2.24. The summed E-state index contributed by atoms with van der Waals surface area (Å²) in [7, 11) is 0. The molecule has 0 saturated heterocycles. The van der Waals surface area contributed by atoms with E-state index in [1.807, 2.05) is 32.0 Å². The van der Waals surface area contributed by atoms with Gasteiger partial charge in [0.05, 0.1) is 0 Å². The van der Waals surface area contributed by atoms with E-state index in [-0.39, 0.29) is 12.4 Å². The van der Waals surface area contributed by atoms with Crippen molar-refractivity contribution in [1.82, 2.24) is 0 Å². The van der Waals surface area contributed by atoms with Gasteiger partial charge < -0.3 is 14.9 Å². The summed E-state index contributed by atoms with van der Waals surface area (Å²) in [6, 6.07) is 7.44. The fourth-order valence-electron chi connectivity index (χ4n) is 1.83. The van der Waals surface area contributed by atoms with Gasteiger partial charge in [0.15, 0.2) is 0 Å². The smallest absolute Gasteiger partial charge is 0.124 e. The maximum Gasteiger partial charge on any atom is 0.124 e. The second-order valence-electron chi connectivity index (χ2n) is 4.18. The first-order valence-corrected chi connectivity index (χ1v) is 6.15. The van der Waals surface area contributed by atoms with E-state index in [4.69, 9.17) is 26.5 Å². The second-order valence-corrected chi connectivity index (χ2v) is 4.62. The lowest BCUT2D eigenvalue weighted by atomic mass is 10.2. The van der Waals surface area contributed by atoms with Gasteiger partial charge in [-0.1, -0.05) is 11.6 Å². The van der Waals surface area contributed by atoms with Gasteiger partial charge in [0.2, 0.25) is 0 Å². The number of furan rings is 1. The molecule has 2 aromatic rings. The Morgan fingerprint density at radius 1 is 1.21 bits per heavy atom. The standard InChI is InChI=1S/C14H16ClNO2.ClH/c1-9-5-12(10(2)18-9)8-17-14-4-3-13(15)6-11(14)7-16;/h3-6H,7-8,16H2,1-2H3;1H. The zero-order valence-corrected chi connectivity index (χ0v) is 12.5. The van der Waals surface area contributed by atoms with Crippen molar-refractivity contribution in [3.05, 3.63) is 51.9 Å². The lowest BCUT2D eigenvalue weighted by Gasteiger charge is -2.10. The van der Waals surface area contributed by atoms with Crippen LogP contribution in [0.3, 0.4) is 0 Å². The van der Waals surface area contributed by atoms with Crippen LogP contribution in [-0.2, 0) is 13.2 Å². The monoisotopic (exact) mass is 301 g/mol. The largest absolute Gasteiger partial charge is 0.488 e. The summed E-state index contributed by atoms with van der Waals surface area (Å²) in [6.45, 7) is 4.72. The summed E-state index contributed by atoms with van der Waals surface area (Å²) in [5.41, 5.74) is 7.62. The molecule has 0 bridgehead atoms. The van der Waals surface area contributed by atoms with Crippen LogP contribution in [0.15, 0.2) is 28.7 Å². The average Bonchev–Trinajstić information content (AvgIpc) is 2.66. The number of ether oxygens (including phenoxy) is 1. The lowest BCUT2D eigenvalue weighted by Crippen LogP contribution is -2.02. The topological polar surface area (TPSA) is 48.4 Å². The molecule has 3 nitrogen and oxygen atoms in total. The molecule has 1 heterocycles. The molecule has 0 amide bonds. The van der Waals surface area contributed by atoms with Crippen LogP contribution in [0.4, 0.5) is 0 Å². The maximum absolute atomic E-state index is 5.92. The second kappa shape index (κ2) is 6.85. The van der Waals surface area contributed by atoms with Crippen LogP contribution in [0.2, 0.25) is 5.02 Å². The van der Waals surface area contributed by atoms with Gasteiger partial charge in [-0.2, -0.15) is 0 Å². The van der Waals surface area contributed by atoms with Crippen LogP contribution in [0.5, 0.6) is 5.75 Å². The van der Waals surface area contributed by atoms with E-state index in [1.165, 1.54) is 0 Å². The predicted molar refractivity (Wildman–Crippen MR) is 79.1 cm³/mol. The molecule has 0 saturated carbocycles. The molecule has 0 aliphatic carbocycles. The van der Waals surface area contributed by atoms with Crippen LogP contribution in [-0.4, -0.2) is 0 Å². The summed E-state index contributed by atoms with van der Waals surface area (Å²) in [6.07, 6.45) is 0. The van der Waals surface area contributed by atoms with Gasteiger partial charge in [-0.15, -0.1) is 12.4 Å². The predicted octanol–water partition coefficient (Wildman–Crippen LogP) is 4.01. The molecule has 19 heavy (non-hydrogen) atoms. The summed E-state index contributed by atoms with van der Waals surface area (Å²) in [5.74, 6) is 2.54. The van der Waals surface area contributed by atoms with Gasteiger partial charge in [-0.25, -0.2) is 0 Å². The zero-order valence-electron chi connectivity index (χ0n) is 10.9. The third kappa shape index (κ3) is 3.90. The van der Waals surface area contributed by atoms with E-state index >= 15 is 0 Å². The highest BCUT2D eigenvalue weighted by atomic mass is 35.5. The first-order valence-electron chi connectivity index (χ1n) is 5.77. The SMILES string of the molecule is Cc1cc(COc2ccc(Cl)cc2CN)c(C)o1.Cl. The summed E-state index contributed by atoms with van der Waals surface area (Å²) in [4.78, 5) is 0. The van der Waals surface area contributed by atoms with Crippen LogP contribution in [0.1, 0.15) is 22.6 Å². The molecular weight excluding hydrogens is 285 g/mol. The first kappa shape index (κ1) is 15.9. The Bertz CT molecular complexity index is 552. The fourth-order valence-corrected chi connectivity index (χ4v) is 2.03. The third-order valence-electron chi connectivity index (χ3n) is 2.77. The van der Waals surface area contributed by atoms with E-state index in [2.05, 4.69) is 0 Å². The van der Waals surface area contributed by atoms with Crippen LogP contribution < -0.4 is 10.5 Å². The minimum absolute atomic E-state index is 0. The summed E-state index contributed by atoms with van der Waals surface area (Å²) in [5, 5.41) is 0.665. The quantitative estimate of drug-likeness (QED) is 0.928. The van der Waals surface area contributed by atoms with E-state index in [0.717, 1.165) is 28.4 Å². The average molecular weight is 302 g/mol. The van der Waals surface area contributed by atoms with Crippen LogP contribution in [0, 0.1) is 13.8 Å². The Balaban J connectivity index is 0.00000180. The molecule has 2 N–H and O–H groups in total. The van der Waals surface area contributed by atoms with Gasteiger partial charge in [0.25, 0.3) is 0 Å². The van der Waals surface area contributed by atoms with E-state index in [9.17, 15) is 0 Å². The molecule has 0 aliphatic rings. The minimum atomic E-state index is 0. The van der Waals surface area contributed by atoms with Gasteiger partial charge in [0, 0.05) is 22.7 Å². The van der Waals surface area contributed by atoms with Gasteiger partial charge >= 0.3 is 0 Å². The number of rotatable bonds is 4. The zero-order chi connectivity index (χ0) is 13.1. The number of benzene rings is 1. The molecule has 5 heteroatoms. The van der Waals surface area contributed by atoms with Crippen molar-refractivity contribution >= 4 is 24.0 Å². The van der Waals surface area contributed by atoms with Crippen molar-refractivity contribution < 1.29 is 9.15 Å². The summed E-state index contributed by atoms with van der Waals surface area (Å²) >= 11 is 5.92. The Kier molecular flexibility index (Phi) is 5.73. The highest BCUT2D eigenvalue weighted by Gasteiger charge is 2.08. The van der Waals surface area contributed by atoms with Crippen molar-refractivity contribution in [2.24, 2.45) is 5.73 Å². The highest BCUT2D eigenvalue weighted by molar-refractivity contribution is 6.30. The third-order valence-corrected chi connectivity index (χ3v) is 3.00. The van der Waals surface area contributed by atoms with Gasteiger partial charge in [-0.05, 0) is 38.1 Å². The lowest BCUT2D eigenvalue weighted by molar-refractivity contribution is 0.300. The minimum Gasteiger partial charge on any atom is -0.488 e. The maximum atomic E-state index is 5.92. The number of aryl methyl sites for hydroxylation is 2. The van der Waals surface area contributed by atoms with E-state index in [1.54, 1.807) is 6.07 Å². The Morgan fingerprint density at radius 3 is 2.53 bits per heavy atom. The number of halogens is 2. The van der Waals surface area contributed by atoms with E-state index in [0.29, 0.717) is 18.2 Å². The van der Waals surface area contributed by atoms with E-state index < -0.39 is 0 Å². The first-order chi connectivity index (χ1) is 8.60. The molecule has 104 valence electrons. The number of hydrogen-bond acceptors (Lipinski definition) is 3. The van der Waals surface area contributed by atoms with Crippen molar-refractivity contribution in [3.8, 4) is 5.75 Å². The van der Waals surface area contributed by atoms with Crippen molar-refractivity contribution in [2.75, 3.05) is 0 Å². The molecule has 1 aromatic carbocycles. The van der Waals surface area contributed by atoms with Crippen molar-refractivity contribution in [1.29, 1.82) is 0 Å². The molecule has 0 atom stereocenters. The molecule has 0 aliphatic heterocycles. The Hall–Kier alpha value is -1.16. The number of nitrogens with two attached hydrogens (primary N) is 1. The number of hydrogen-bond donors (Lipinski definition) is 1. The summed E-state index contributed by atoms with van der Waals surface area (Å²) < 4.78 is 11.2. The molecular formula is C14H17Cl2NO2. The Labute approximate surface area is 124 Å². The normalized spacial score (nSPS) is 10.1. The molecule has 0 radical (unpaired) electrons. The van der Waals surface area contributed by atoms with Gasteiger partial charge in [0.1, 0.15) is 23.9 Å². The van der Waals surface area contributed by atoms with Crippen molar-refractivity contribution in [3.63, 3.8) is 0 Å². The molecule has 2 rings (SSSR count). The van der Waals surface area contributed by atoms with Gasteiger partial charge in [-0.3, -0.25) is 0 Å². The van der Waals surface area contributed by atoms with Crippen molar-refractivity contribution in [2.45, 2.75) is 27.0 Å². The fraction of sp³-hybridized carbons (Fsp3) is 0.286. The van der Waals surface area contributed by atoms with Crippen LogP contribution >= 0.6 is 24.0 Å². The molecule has 0 spiro atoms. The van der Waals surface area contributed by atoms with Crippen LogP contribution in [0.25, 0.3) is 0 Å². The molecule has 0 fully saturated rings.